The maximum atomic E-state index is 2.46. The first-order valence-corrected chi connectivity index (χ1v) is 12.7. The molecule has 4 aliphatic rings. The van der Waals surface area contributed by atoms with E-state index in [1.807, 2.05) is 0 Å². The van der Waals surface area contributed by atoms with Gasteiger partial charge >= 0.3 is 0 Å². The zero-order valence-electron chi connectivity index (χ0n) is 18.9. The molecule has 0 nitrogen and oxygen atoms in total. The van der Waals surface area contributed by atoms with Crippen LogP contribution < -0.4 is 0 Å². The molecule has 0 heterocycles. The Morgan fingerprint density at radius 1 is 0.559 bits per heavy atom. The van der Waals surface area contributed by atoms with E-state index in [1.54, 1.807) is 27.8 Å². The third-order valence-electron chi connectivity index (χ3n) is 9.78. The number of rotatable bonds is 0. The van der Waals surface area contributed by atoms with E-state index in [4.69, 9.17) is 0 Å². The lowest BCUT2D eigenvalue weighted by atomic mass is 9.49. The average molecular weight is 433 g/mol. The van der Waals surface area contributed by atoms with Crippen molar-refractivity contribution in [2.24, 2.45) is 11.8 Å². The minimum Gasteiger partial charge on any atom is -0.0620 e. The van der Waals surface area contributed by atoms with Gasteiger partial charge in [-0.2, -0.15) is 0 Å². The summed E-state index contributed by atoms with van der Waals surface area (Å²) in [7, 11) is 0. The second-order valence-corrected chi connectivity index (χ2v) is 10.8. The Kier molecular flexibility index (Phi) is 3.08. The van der Waals surface area contributed by atoms with Gasteiger partial charge in [0.15, 0.2) is 0 Å². The van der Waals surface area contributed by atoms with E-state index in [0.29, 0.717) is 17.8 Å². The van der Waals surface area contributed by atoms with E-state index in [1.165, 1.54) is 33.9 Å². The van der Waals surface area contributed by atoms with Gasteiger partial charge in [0.05, 0.1) is 5.41 Å². The summed E-state index contributed by atoms with van der Waals surface area (Å²) in [5, 5.41) is 2.79. The predicted octanol–water partition coefficient (Wildman–Crippen LogP) is 7.84. The van der Waals surface area contributed by atoms with Crippen molar-refractivity contribution in [1.29, 1.82) is 0 Å². The van der Waals surface area contributed by atoms with Gasteiger partial charge in [0.2, 0.25) is 0 Å². The van der Waals surface area contributed by atoms with Gasteiger partial charge in [-0.1, -0.05) is 109 Å². The molecule has 0 heteroatoms. The molecule has 1 fully saturated rings. The molecule has 0 amide bonds. The monoisotopic (exact) mass is 432 g/mol. The lowest BCUT2D eigenvalue weighted by Crippen LogP contribution is -2.48. The Morgan fingerprint density at radius 3 is 2.21 bits per heavy atom. The molecular weight excluding hydrogens is 408 g/mol. The van der Waals surface area contributed by atoms with Gasteiger partial charge in [-0.15, -0.1) is 0 Å². The van der Waals surface area contributed by atoms with Crippen LogP contribution in [-0.4, -0.2) is 0 Å². The molecule has 0 aliphatic heterocycles. The van der Waals surface area contributed by atoms with Gasteiger partial charge in [-0.25, -0.2) is 0 Å². The van der Waals surface area contributed by atoms with E-state index < -0.39 is 0 Å². The summed E-state index contributed by atoms with van der Waals surface area (Å²) in [6.45, 7) is 0. The Hall–Kier alpha value is -3.64. The SMILES string of the molecule is c1ccc2c(c1)C[C@@H]1C2[C@H]2[C@@H]1c1ccccc1C21c2ccccc2-c2ccc3ccccc3c21. The Balaban J connectivity index is 1.46. The zero-order valence-corrected chi connectivity index (χ0v) is 18.9. The van der Waals surface area contributed by atoms with Crippen molar-refractivity contribution in [3.05, 3.63) is 143 Å². The summed E-state index contributed by atoms with van der Waals surface area (Å²) in [6.07, 6.45) is 1.23. The Morgan fingerprint density at radius 2 is 1.26 bits per heavy atom. The summed E-state index contributed by atoms with van der Waals surface area (Å²) in [5.74, 6) is 2.57. The van der Waals surface area contributed by atoms with Crippen LogP contribution >= 0.6 is 0 Å². The molecule has 0 saturated heterocycles. The molecule has 0 N–H and O–H groups in total. The van der Waals surface area contributed by atoms with Gasteiger partial charge in [0.25, 0.3) is 0 Å². The van der Waals surface area contributed by atoms with Gasteiger partial charge in [0, 0.05) is 0 Å². The second-order valence-electron chi connectivity index (χ2n) is 10.8. The fourth-order valence-corrected chi connectivity index (χ4v) is 8.84. The molecule has 9 rings (SSSR count). The van der Waals surface area contributed by atoms with E-state index in [-0.39, 0.29) is 5.41 Å². The summed E-state index contributed by atoms with van der Waals surface area (Å²) in [5.41, 5.74) is 12.3. The van der Waals surface area contributed by atoms with Crippen LogP contribution in [0.4, 0.5) is 0 Å². The highest BCUT2D eigenvalue weighted by molar-refractivity contribution is 5.99. The highest BCUT2D eigenvalue weighted by atomic mass is 14.7. The first-order valence-electron chi connectivity index (χ1n) is 12.7. The van der Waals surface area contributed by atoms with Crippen molar-refractivity contribution in [1.82, 2.24) is 0 Å². The molecule has 1 spiro atoms. The predicted molar refractivity (Wildman–Crippen MR) is 138 cm³/mol. The summed E-state index contributed by atoms with van der Waals surface area (Å²) >= 11 is 0. The fourth-order valence-electron chi connectivity index (χ4n) is 8.84. The van der Waals surface area contributed by atoms with Crippen molar-refractivity contribution < 1.29 is 0 Å². The topological polar surface area (TPSA) is 0 Å². The van der Waals surface area contributed by atoms with Crippen LogP contribution in [0.1, 0.15) is 45.2 Å². The maximum absolute atomic E-state index is 2.46. The smallest absolute Gasteiger partial charge is 0.0512 e. The quantitative estimate of drug-likeness (QED) is 0.234. The summed E-state index contributed by atoms with van der Waals surface area (Å²) in [4.78, 5) is 0. The largest absolute Gasteiger partial charge is 0.0620 e. The minimum absolute atomic E-state index is 0.0767. The fraction of sp³-hybridized carbons (Fsp3) is 0.176. The first kappa shape index (κ1) is 17.8. The minimum atomic E-state index is -0.0767. The van der Waals surface area contributed by atoms with Crippen LogP contribution in [0.3, 0.4) is 0 Å². The molecule has 0 bridgehead atoms. The third kappa shape index (κ3) is 1.78. The third-order valence-corrected chi connectivity index (χ3v) is 9.78. The van der Waals surface area contributed by atoms with E-state index in [0.717, 1.165) is 5.92 Å². The van der Waals surface area contributed by atoms with Crippen LogP contribution in [0.5, 0.6) is 0 Å². The van der Waals surface area contributed by atoms with E-state index in [9.17, 15) is 0 Å². The maximum Gasteiger partial charge on any atom is 0.0512 e. The van der Waals surface area contributed by atoms with E-state index in [2.05, 4.69) is 109 Å². The normalized spacial score (nSPS) is 28.6. The summed E-state index contributed by atoms with van der Waals surface area (Å²) < 4.78 is 0. The Labute approximate surface area is 199 Å². The second kappa shape index (κ2) is 5.88. The number of hydrogen-bond donors (Lipinski definition) is 0. The molecule has 4 aliphatic carbocycles. The van der Waals surface area contributed by atoms with Crippen LogP contribution in [0.15, 0.2) is 109 Å². The van der Waals surface area contributed by atoms with Crippen molar-refractivity contribution in [2.45, 2.75) is 23.7 Å². The van der Waals surface area contributed by atoms with Gasteiger partial charge in [0.1, 0.15) is 0 Å². The highest BCUT2D eigenvalue weighted by Gasteiger charge is 2.70. The molecule has 1 saturated carbocycles. The molecule has 2 unspecified atom stereocenters. The van der Waals surface area contributed by atoms with Crippen LogP contribution in [0, 0.1) is 11.8 Å². The molecule has 34 heavy (non-hydrogen) atoms. The molecule has 0 aromatic heterocycles. The van der Waals surface area contributed by atoms with Crippen LogP contribution in [0.2, 0.25) is 0 Å². The molecule has 5 atom stereocenters. The molecule has 5 aromatic rings. The highest BCUT2D eigenvalue weighted by Crippen LogP contribution is 2.77. The first-order chi connectivity index (χ1) is 16.9. The number of benzene rings is 5. The number of fused-ring (bicyclic) bond motifs is 17. The molecule has 160 valence electrons. The standard InChI is InChI=1S/C34H24/c1-4-12-23-20(9-1)17-18-25-24-13-5-7-15-28(24)34(32(23)25)29-16-8-6-14-26(29)31-27-19-21-10-2-3-11-22(21)30(27)33(31)34/h1-18,27,30-31,33H,19H2/t27-,30?,31-,33+,34?/m1/s1. The lowest BCUT2D eigenvalue weighted by Gasteiger charge is -2.53. The molecule has 5 aromatic carbocycles. The van der Waals surface area contributed by atoms with Gasteiger partial charge in [-0.3, -0.25) is 0 Å². The van der Waals surface area contributed by atoms with Gasteiger partial charge in [-0.05, 0) is 85.4 Å². The average Bonchev–Trinajstić information content (AvgIpc) is 3.45. The van der Waals surface area contributed by atoms with E-state index >= 15 is 0 Å². The summed E-state index contributed by atoms with van der Waals surface area (Å²) in [6, 6.07) is 41.9. The lowest BCUT2D eigenvalue weighted by molar-refractivity contribution is 0.0900. The van der Waals surface area contributed by atoms with Crippen LogP contribution in [0.25, 0.3) is 21.9 Å². The van der Waals surface area contributed by atoms with Crippen molar-refractivity contribution in [3.63, 3.8) is 0 Å². The zero-order chi connectivity index (χ0) is 22.0. The molecular formula is C34H24. The Bertz CT molecular complexity index is 1670. The molecule has 0 radical (unpaired) electrons. The number of hydrogen-bond acceptors (Lipinski definition) is 0. The van der Waals surface area contributed by atoms with Gasteiger partial charge < -0.3 is 0 Å². The van der Waals surface area contributed by atoms with Crippen LogP contribution in [-0.2, 0) is 11.8 Å². The van der Waals surface area contributed by atoms with Crippen molar-refractivity contribution in [3.8, 4) is 11.1 Å². The van der Waals surface area contributed by atoms with Crippen molar-refractivity contribution >= 4 is 10.8 Å². The van der Waals surface area contributed by atoms with Crippen molar-refractivity contribution in [2.75, 3.05) is 0 Å².